The quantitative estimate of drug-likeness (QED) is 0.676. The first-order chi connectivity index (χ1) is 9.72. The zero-order chi connectivity index (χ0) is 13.9. The van der Waals surface area contributed by atoms with Crippen molar-refractivity contribution < 1.29 is 0 Å². The molecule has 0 amide bonds. The summed E-state index contributed by atoms with van der Waals surface area (Å²) >= 11 is 6.13. The van der Waals surface area contributed by atoms with Crippen molar-refractivity contribution in [1.82, 2.24) is 0 Å². The lowest BCUT2D eigenvalue weighted by molar-refractivity contribution is 1.15. The number of fused-ring (bicyclic) bond motifs is 1. The molecule has 3 rings (SSSR count). The Bertz CT molecular complexity index is 749. The summed E-state index contributed by atoms with van der Waals surface area (Å²) in [4.78, 5) is 0. The normalized spacial score (nSPS) is 10.7. The second-order valence-corrected chi connectivity index (χ2v) is 5.41. The van der Waals surface area contributed by atoms with Crippen LogP contribution in [0.5, 0.6) is 0 Å². The summed E-state index contributed by atoms with van der Waals surface area (Å²) in [6.45, 7) is 2.81. The fraction of sp³-hybridized carbons (Fsp3) is 0.111. The fourth-order valence-electron chi connectivity index (χ4n) is 2.26. The summed E-state index contributed by atoms with van der Waals surface area (Å²) in [7, 11) is 0. The monoisotopic (exact) mass is 281 g/mol. The Morgan fingerprint density at radius 3 is 2.50 bits per heavy atom. The van der Waals surface area contributed by atoms with E-state index in [1.54, 1.807) is 0 Å². The van der Waals surface area contributed by atoms with Crippen LogP contribution in [0.1, 0.15) is 11.1 Å². The highest BCUT2D eigenvalue weighted by Crippen LogP contribution is 2.21. The first-order valence-electron chi connectivity index (χ1n) is 6.70. The van der Waals surface area contributed by atoms with Gasteiger partial charge in [-0.15, -0.1) is 0 Å². The van der Waals surface area contributed by atoms with Crippen LogP contribution in [0.15, 0.2) is 60.7 Å². The molecule has 0 aromatic heterocycles. The number of nitrogens with one attached hydrogen (secondary N) is 1. The number of aryl methyl sites for hydroxylation is 1. The maximum Gasteiger partial charge on any atom is 0.0455 e. The summed E-state index contributed by atoms with van der Waals surface area (Å²) in [6, 6.07) is 21.0. The van der Waals surface area contributed by atoms with Crippen molar-refractivity contribution in [3.8, 4) is 0 Å². The summed E-state index contributed by atoms with van der Waals surface area (Å²) in [6.07, 6.45) is 0. The van der Waals surface area contributed by atoms with Crippen molar-refractivity contribution in [2.24, 2.45) is 0 Å². The highest BCUT2D eigenvalue weighted by atomic mass is 35.5. The van der Waals surface area contributed by atoms with Gasteiger partial charge in [-0.05, 0) is 47.0 Å². The van der Waals surface area contributed by atoms with Crippen LogP contribution in [0, 0.1) is 6.92 Å². The van der Waals surface area contributed by atoms with Gasteiger partial charge in [-0.2, -0.15) is 0 Å². The van der Waals surface area contributed by atoms with Gasteiger partial charge in [0.2, 0.25) is 0 Å². The molecule has 3 aromatic carbocycles. The van der Waals surface area contributed by atoms with Gasteiger partial charge in [0.1, 0.15) is 0 Å². The van der Waals surface area contributed by atoms with E-state index in [0.29, 0.717) is 0 Å². The number of hydrogen-bond acceptors (Lipinski definition) is 1. The molecule has 0 radical (unpaired) electrons. The molecule has 0 fully saturated rings. The van der Waals surface area contributed by atoms with E-state index in [1.165, 1.54) is 16.3 Å². The van der Waals surface area contributed by atoms with E-state index < -0.39 is 0 Å². The molecule has 0 heterocycles. The molecular formula is C18H16ClN. The third-order valence-corrected chi connectivity index (χ3v) is 3.89. The van der Waals surface area contributed by atoms with Crippen LogP contribution in [0.2, 0.25) is 5.02 Å². The predicted molar refractivity (Wildman–Crippen MR) is 87.5 cm³/mol. The molecule has 1 N–H and O–H groups in total. The summed E-state index contributed by atoms with van der Waals surface area (Å²) in [5.41, 5.74) is 3.41. The Labute approximate surface area is 124 Å². The van der Waals surface area contributed by atoms with E-state index in [2.05, 4.69) is 53.8 Å². The van der Waals surface area contributed by atoms with Crippen molar-refractivity contribution >= 4 is 28.1 Å². The van der Waals surface area contributed by atoms with Crippen LogP contribution in [0.3, 0.4) is 0 Å². The van der Waals surface area contributed by atoms with E-state index in [4.69, 9.17) is 11.6 Å². The highest BCUT2D eigenvalue weighted by molar-refractivity contribution is 6.31. The third kappa shape index (κ3) is 2.78. The van der Waals surface area contributed by atoms with Gasteiger partial charge in [0.25, 0.3) is 0 Å². The average molecular weight is 282 g/mol. The van der Waals surface area contributed by atoms with Gasteiger partial charge in [-0.25, -0.2) is 0 Å². The van der Waals surface area contributed by atoms with E-state index in [1.807, 2.05) is 19.1 Å². The van der Waals surface area contributed by atoms with E-state index in [9.17, 15) is 0 Å². The fourth-order valence-corrected chi connectivity index (χ4v) is 2.44. The summed E-state index contributed by atoms with van der Waals surface area (Å²) in [5.74, 6) is 0. The molecule has 0 bridgehead atoms. The number of halogens is 1. The van der Waals surface area contributed by atoms with Crippen LogP contribution >= 0.6 is 11.6 Å². The largest absolute Gasteiger partial charge is 0.381 e. The zero-order valence-electron chi connectivity index (χ0n) is 11.4. The van der Waals surface area contributed by atoms with Gasteiger partial charge in [0.15, 0.2) is 0 Å². The number of anilines is 1. The molecule has 3 aromatic rings. The lowest BCUT2D eigenvalue weighted by atomic mass is 10.1. The molecule has 0 spiro atoms. The lowest BCUT2D eigenvalue weighted by Gasteiger charge is -2.09. The van der Waals surface area contributed by atoms with Gasteiger partial charge >= 0.3 is 0 Å². The smallest absolute Gasteiger partial charge is 0.0455 e. The van der Waals surface area contributed by atoms with Gasteiger partial charge in [-0.1, -0.05) is 54.1 Å². The molecule has 0 atom stereocenters. The minimum atomic E-state index is 0.796. The van der Waals surface area contributed by atoms with Gasteiger partial charge in [-0.3, -0.25) is 0 Å². The van der Waals surface area contributed by atoms with Crippen molar-refractivity contribution in [2.45, 2.75) is 13.5 Å². The Morgan fingerprint density at radius 2 is 1.70 bits per heavy atom. The molecule has 0 saturated heterocycles. The van der Waals surface area contributed by atoms with Crippen molar-refractivity contribution in [1.29, 1.82) is 0 Å². The van der Waals surface area contributed by atoms with Crippen molar-refractivity contribution in [3.63, 3.8) is 0 Å². The minimum Gasteiger partial charge on any atom is -0.381 e. The standard InChI is InChI=1S/C18H16ClN/c1-13-6-9-17(11-18(13)19)20-12-14-7-8-15-4-2-3-5-16(15)10-14/h2-11,20H,12H2,1H3. The van der Waals surface area contributed by atoms with Crippen LogP contribution in [0.4, 0.5) is 5.69 Å². The Morgan fingerprint density at radius 1 is 0.900 bits per heavy atom. The number of hydrogen-bond donors (Lipinski definition) is 1. The van der Waals surface area contributed by atoms with Crippen LogP contribution in [0.25, 0.3) is 10.8 Å². The highest BCUT2D eigenvalue weighted by Gasteiger charge is 1.99. The second kappa shape index (κ2) is 5.56. The van der Waals surface area contributed by atoms with Crippen LogP contribution in [-0.2, 0) is 6.54 Å². The van der Waals surface area contributed by atoms with Gasteiger partial charge in [0, 0.05) is 17.3 Å². The summed E-state index contributed by atoms with van der Waals surface area (Å²) < 4.78 is 0. The minimum absolute atomic E-state index is 0.796. The van der Waals surface area contributed by atoms with E-state index in [-0.39, 0.29) is 0 Å². The number of benzene rings is 3. The lowest BCUT2D eigenvalue weighted by Crippen LogP contribution is -1.99. The van der Waals surface area contributed by atoms with Crippen LogP contribution < -0.4 is 5.32 Å². The molecule has 0 saturated carbocycles. The Kier molecular flexibility index (Phi) is 3.62. The zero-order valence-corrected chi connectivity index (χ0v) is 12.1. The van der Waals surface area contributed by atoms with Gasteiger partial charge < -0.3 is 5.32 Å². The summed E-state index contributed by atoms with van der Waals surface area (Å²) in [5, 5.41) is 6.75. The first-order valence-corrected chi connectivity index (χ1v) is 7.08. The SMILES string of the molecule is Cc1ccc(NCc2ccc3ccccc3c2)cc1Cl. The van der Waals surface area contributed by atoms with E-state index >= 15 is 0 Å². The molecule has 0 aliphatic rings. The van der Waals surface area contributed by atoms with E-state index in [0.717, 1.165) is 22.8 Å². The third-order valence-electron chi connectivity index (χ3n) is 3.48. The second-order valence-electron chi connectivity index (χ2n) is 5.00. The Balaban J connectivity index is 1.77. The van der Waals surface area contributed by atoms with Gasteiger partial charge in [0.05, 0.1) is 0 Å². The molecular weight excluding hydrogens is 266 g/mol. The van der Waals surface area contributed by atoms with Crippen LogP contribution in [-0.4, -0.2) is 0 Å². The molecule has 100 valence electrons. The first kappa shape index (κ1) is 13.0. The van der Waals surface area contributed by atoms with Crippen molar-refractivity contribution in [3.05, 3.63) is 76.8 Å². The predicted octanol–water partition coefficient (Wildman–Crippen LogP) is 5.41. The molecule has 0 unspecified atom stereocenters. The number of rotatable bonds is 3. The topological polar surface area (TPSA) is 12.0 Å². The molecule has 20 heavy (non-hydrogen) atoms. The van der Waals surface area contributed by atoms with Crippen molar-refractivity contribution in [2.75, 3.05) is 5.32 Å². The average Bonchev–Trinajstić information content (AvgIpc) is 2.48. The molecule has 2 heteroatoms. The maximum absolute atomic E-state index is 6.13. The Hall–Kier alpha value is -1.99. The maximum atomic E-state index is 6.13. The molecule has 0 aliphatic carbocycles. The molecule has 0 aliphatic heterocycles. The molecule has 1 nitrogen and oxygen atoms in total.